The maximum Gasteiger partial charge on any atom is 0.161 e. The number of ether oxygens (including phenoxy) is 2. The van der Waals surface area contributed by atoms with Crippen molar-refractivity contribution >= 4 is 24.3 Å². The Bertz CT molecular complexity index is 1420. The van der Waals surface area contributed by atoms with E-state index >= 15 is 0 Å². The summed E-state index contributed by atoms with van der Waals surface area (Å²) in [4.78, 5) is 0. The summed E-state index contributed by atoms with van der Waals surface area (Å²) >= 11 is 0. The Morgan fingerprint density at radius 3 is 1.29 bits per heavy atom. The number of aromatic hydroxyl groups is 6. The quantitative estimate of drug-likeness (QED) is 0.172. The molecule has 0 saturated heterocycles. The van der Waals surface area contributed by atoms with E-state index < -0.39 is 0 Å². The number of phenols is 6. The van der Waals surface area contributed by atoms with Crippen molar-refractivity contribution in [2.75, 3.05) is 14.2 Å². The highest BCUT2D eigenvalue weighted by molar-refractivity contribution is 5.73. The van der Waals surface area contributed by atoms with E-state index in [0.717, 1.165) is 11.1 Å². The van der Waals surface area contributed by atoms with Crippen molar-refractivity contribution in [1.29, 1.82) is 0 Å². The van der Waals surface area contributed by atoms with Gasteiger partial charge in [-0.15, -0.1) is 0 Å². The number of benzene rings is 4. The van der Waals surface area contributed by atoms with Gasteiger partial charge in [-0.3, -0.25) is 0 Å². The van der Waals surface area contributed by atoms with E-state index in [2.05, 4.69) is 0 Å². The summed E-state index contributed by atoms with van der Waals surface area (Å²) in [6.07, 6.45) is 7.01. The molecule has 0 spiro atoms. The number of phenolic OH excluding ortho intramolecular Hbond substituents is 6. The minimum absolute atomic E-state index is 0.00257. The van der Waals surface area contributed by atoms with Gasteiger partial charge in [-0.05, 0) is 70.8 Å². The Balaban J connectivity index is 0.000000211. The van der Waals surface area contributed by atoms with Gasteiger partial charge in [-0.2, -0.15) is 0 Å². The number of rotatable bonds is 6. The highest BCUT2D eigenvalue weighted by Gasteiger charge is 2.02. The van der Waals surface area contributed by atoms with Crippen LogP contribution in [0.3, 0.4) is 0 Å². The molecule has 0 aliphatic heterocycles. The van der Waals surface area contributed by atoms with E-state index in [1.807, 2.05) is 0 Å². The van der Waals surface area contributed by atoms with Crippen molar-refractivity contribution in [1.82, 2.24) is 0 Å². The van der Waals surface area contributed by atoms with Gasteiger partial charge in [0.15, 0.2) is 23.0 Å². The fourth-order valence-corrected chi connectivity index (χ4v) is 3.42. The molecular weight excluding hydrogens is 488 g/mol. The first kappa shape index (κ1) is 27.3. The van der Waals surface area contributed by atoms with E-state index in [1.165, 1.54) is 50.6 Å². The molecule has 8 nitrogen and oxygen atoms in total. The van der Waals surface area contributed by atoms with Crippen molar-refractivity contribution in [3.05, 3.63) is 95.1 Å². The largest absolute Gasteiger partial charge is 0.508 e. The fourth-order valence-electron chi connectivity index (χ4n) is 3.42. The third-order valence-electron chi connectivity index (χ3n) is 5.19. The van der Waals surface area contributed by atoms with Gasteiger partial charge < -0.3 is 40.1 Å². The Kier molecular flexibility index (Phi) is 9.10. The third kappa shape index (κ3) is 7.89. The van der Waals surface area contributed by atoms with E-state index in [-0.39, 0.29) is 34.5 Å². The van der Waals surface area contributed by atoms with E-state index in [9.17, 15) is 30.6 Å². The smallest absolute Gasteiger partial charge is 0.161 e. The van der Waals surface area contributed by atoms with Crippen molar-refractivity contribution < 1.29 is 40.1 Å². The monoisotopic (exact) mass is 516 g/mol. The van der Waals surface area contributed by atoms with Gasteiger partial charge >= 0.3 is 0 Å². The first-order valence-electron chi connectivity index (χ1n) is 11.3. The normalized spacial score (nSPS) is 10.8. The van der Waals surface area contributed by atoms with Crippen LogP contribution < -0.4 is 9.47 Å². The Labute approximate surface area is 219 Å². The highest BCUT2D eigenvalue weighted by Crippen LogP contribution is 2.29. The molecule has 38 heavy (non-hydrogen) atoms. The number of hydrogen-bond donors (Lipinski definition) is 6. The Morgan fingerprint density at radius 2 is 0.842 bits per heavy atom. The average Bonchev–Trinajstić information content (AvgIpc) is 2.86. The molecule has 8 heteroatoms. The summed E-state index contributed by atoms with van der Waals surface area (Å²) in [5.41, 5.74) is 2.94. The molecule has 6 N–H and O–H groups in total. The topological polar surface area (TPSA) is 140 Å². The second-order valence-corrected chi connectivity index (χ2v) is 8.09. The SMILES string of the molecule is COc1cc(/C=C/c2cc(O)cc(O)c2)ccc1O.COc1ccc(/C=C/c2cc(O)cc(O)c2)cc1O. The molecule has 0 unspecified atom stereocenters. The van der Waals surface area contributed by atoms with Crippen LogP contribution in [0.2, 0.25) is 0 Å². The van der Waals surface area contributed by atoms with Crippen LogP contribution in [0.4, 0.5) is 0 Å². The molecule has 0 fully saturated rings. The molecule has 0 bridgehead atoms. The number of methoxy groups -OCH3 is 2. The van der Waals surface area contributed by atoms with E-state index in [4.69, 9.17) is 9.47 Å². The molecular formula is C30H28O8. The van der Waals surface area contributed by atoms with Crippen LogP contribution in [-0.2, 0) is 0 Å². The minimum atomic E-state index is -0.00257. The van der Waals surface area contributed by atoms with Gasteiger partial charge in [0.25, 0.3) is 0 Å². The summed E-state index contributed by atoms with van der Waals surface area (Å²) in [7, 11) is 2.97. The second-order valence-electron chi connectivity index (χ2n) is 8.09. The van der Waals surface area contributed by atoms with Gasteiger partial charge in [0.1, 0.15) is 23.0 Å². The molecule has 0 aliphatic rings. The van der Waals surface area contributed by atoms with Crippen LogP contribution in [0.1, 0.15) is 22.3 Å². The van der Waals surface area contributed by atoms with Gasteiger partial charge in [-0.25, -0.2) is 0 Å². The van der Waals surface area contributed by atoms with Crippen LogP contribution in [0, 0.1) is 0 Å². The molecule has 0 radical (unpaired) electrons. The van der Waals surface area contributed by atoms with Gasteiger partial charge in [0, 0.05) is 12.1 Å². The van der Waals surface area contributed by atoms with Crippen molar-refractivity contribution in [3.63, 3.8) is 0 Å². The predicted molar refractivity (Wildman–Crippen MR) is 147 cm³/mol. The zero-order valence-electron chi connectivity index (χ0n) is 20.7. The highest BCUT2D eigenvalue weighted by atomic mass is 16.5. The third-order valence-corrected chi connectivity index (χ3v) is 5.19. The molecule has 196 valence electrons. The first-order valence-corrected chi connectivity index (χ1v) is 11.3. The van der Waals surface area contributed by atoms with E-state index in [0.29, 0.717) is 22.6 Å². The molecule has 0 amide bonds. The van der Waals surface area contributed by atoms with Gasteiger partial charge in [0.2, 0.25) is 0 Å². The molecule has 4 aromatic rings. The molecule has 0 aromatic heterocycles. The van der Waals surface area contributed by atoms with Crippen LogP contribution >= 0.6 is 0 Å². The minimum Gasteiger partial charge on any atom is -0.508 e. The molecule has 0 heterocycles. The standard InChI is InChI=1S/2C15H14O4/c1-19-15-5-4-10(8-14(15)18)2-3-11-6-12(16)9-13(17)7-11;1-19-15-8-10(4-5-14(15)18)2-3-11-6-12(16)9-13(17)7-11/h2*2-9,16-18H,1H3/b2*3-2+. The van der Waals surface area contributed by atoms with Crippen LogP contribution in [0.5, 0.6) is 46.0 Å². The van der Waals surface area contributed by atoms with Crippen LogP contribution in [0.15, 0.2) is 72.8 Å². The van der Waals surface area contributed by atoms with Gasteiger partial charge in [-0.1, -0.05) is 36.4 Å². The molecule has 0 aliphatic carbocycles. The lowest BCUT2D eigenvalue weighted by Crippen LogP contribution is -1.84. The lowest BCUT2D eigenvalue weighted by molar-refractivity contribution is 0.373. The fraction of sp³-hybridized carbons (Fsp3) is 0.0667. The maximum absolute atomic E-state index is 9.64. The maximum atomic E-state index is 9.64. The summed E-state index contributed by atoms with van der Waals surface area (Å²) in [5.74, 6) is 0.937. The predicted octanol–water partition coefficient (Wildman–Crippen LogP) is 5.96. The second kappa shape index (κ2) is 12.6. The lowest BCUT2D eigenvalue weighted by Gasteiger charge is -2.03. The molecule has 0 saturated carbocycles. The molecule has 4 aromatic carbocycles. The zero-order valence-corrected chi connectivity index (χ0v) is 20.7. The zero-order chi connectivity index (χ0) is 27.7. The number of hydrogen-bond acceptors (Lipinski definition) is 8. The summed E-state index contributed by atoms with van der Waals surface area (Å²) in [6, 6.07) is 18.6. The van der Waals surface area contributed by atoms with Crippen molar-refractivity contribution in [2.24, 2.45) is 0 Å². The van der Waals surface area contributed by atoms with Crippen LogP contribution in [0.25, 0.3) is 24.3 Å². The van der Waals surface area contributed by atoms with Crippen molar-refractivity contribution in [2.45, 2.75) is 0 Å². The van der Waals surface area contributed by atoms with Gasteiger partial charge in [0.05, 0.1) is 14.2 Å². The van der Waals surface area contributed by atoms with Crippen LogP contribution in [-0.4, -0.2) is 44.9 Å². The molecule has 0 atom stereocenters. The summed E-state index contributed by atoms with van der Waals surface area (Å²) in [6.45, 7) is 0. The molecule has 4 rings (SSSR count). The Hall–Kier alpha value is -5.24. The average molecular weight is 517 g/mol. The van der Waals surface area contributed by atoms with E-state index in [1.54, 1.807) is 60.7 Å². The summed E-state index contributed by atoms with van der Waals surface area (Å²) in [5, 5.41) is 56.5. The first-order chi connectivity index (χ1) is 18.2. The van der Waals surface area contributed by atoms with Crippen molar-refractivity contribution in [3.8, 4) is 46.0 Å². The summed E-state index contributed by atoms with van der Waals surface area (Å²) < 4.78 is 9.97. The lowest BCUT2D eigenvalue weighted by atomic mass is 10.1. The Morgan fingerprint density at radius 1 is 0.421 bits per heavy atom.